The first-order valence-corrected chi connectivity index (χ1v) is 6.11. The van der Waals surface area contributed by atoms with E-state index in [4.69, 9.17) is 5.11 Å². The van der Waals surface area contributed by atoms with Gasteiger partial charge in [-0.3, -0.25) is 4.79 Å². The minimum atomic E-state index is -0.793. The van der Waals surface area contributed by atoms with E-state index in [2.05, 4.69) is 5.32 Å². The van der Waals surface area contributed by atoms with Crippen LogP contribution in [0.2, 0.25) is 0 Å². The monoisotopic (exact) mass is 253 g/mol. The summed E-state index contributed by atoms with van der Waals surface area (Å²) in [6.45, 7) is 4.67. The van der Waals surface area contributed by atoms with Crippen LogP contribution in [0.3, 0.4) is 0 Å². The van der Waals surface area contributed by atoms with Gasteiger partial charge in [-0.05, 0) is 51.4 Å². The maximum atomic E-state index is 13.3. The van der Waals surface area contributed by atoms with Crippen LogP contribution in [0.4, 0.5) is 4.39 Å². The minimum Gasteiger partial charge on any atom is -0.481 e. The summed E-state index contributed by atoms with van der Waals surface area (Å²) in [6.07, 6.45) is 1.17. The Kier molecular flexibility index (Phi) is 5.28. The largest absolute Gasteiger partial charge is 0.481 e. The van der Waals surface area contributed by atoms with Crippen molar-refractivity contribution >= 4 is 5.97 Å². The fraction of sp³-hybridized carbons (Fsp3) is 0.500. The molecule has 4 heteroatoms. The van der Waals surface area contributed by atoms with Gasteiger partial charge in [0.1, 0.15) is 5.82 Å². The van der Waals surface area contributed by atoms with E-state index in [1.807, 2.05) is 6.07 Å². The summed E-state index contributed by atoms with van der Waals surface area (Å²) >= 11 is 0. The SMILES string of the molecule is CC(C)(CCNCCc1ccccc1F)C(=O)O. The molecule has 1 aromatic rings. The number of hydrogen-bond acceptors (Lipinski definition) is 2. The van der Waals surface area contributed by atoms with Crippen LogP contribution in [0.15, 0.2) is 24.3 Å². The highest BCUT2D eigenvalue weighted by atomic mass is 19.1. The van der Waals surface area contributed by atoms with Gasteiger partial charge < -0.3 is 10.4 Å². The van der Waals surface area contributed by atoms with Gasteiger partial charge in [-0.25, -0.2) is 4.39 Å². The zero-order chi connectivity index (χ0) is 13.6. The van der Waals surface area contributed by atoms with Crippen LogP contribution in [-0.2, 0) is 11.2 Å². The van der Waals surface area contributed by atoms with E-state index >= 15 is 0 Å². The topological polar surface area (TPSA) is 49.3 Å². The Morgan fingerprint density at radius 3 is 2.61 bits per heavy atom. The summed E-state index contributed by atoms with van der Waals surface area (Å²) < 4.78 is 13.3. The van der Waals surface area contributed by atoms with Gasteiger partial charge >= 0.3 is 5.97 Å². The Morgan fingerprint density at radius 2 is 2.00 bits per heavy atom. The molecule has 0 radical (unpaired) electrons. The van der Waals surface area contributed by atoms with Gasteiger partial charge in [0, 0.05) is 0 Å². The van der Waals surface area contributed by atoms with Gasteiger partial charge in [0.05, 0.1) is 5.41 Å². The Balaban J connectivity index is 2.24. The lowest BCUT2D eigenvalue weighted by atomic mass is 9.90. The van der Waals surface area contributed by atoms with Crippen molar-refractivity contribution in [2.24, 2.45) is 5.41 Å². The third kappa shape index (κ3) is 4.45. The normalized spacial score (nSPS) is 11.5. The molecule has 0 aliphatic heterocycles. The van der Waals surface area contributed by atoms with Crippen molar-refractivity contribution < 1.29 is 14.3 Å². The van der Waals surface area contributed by atoms with Gasteiger partial charge in [0.15, 0.2) is 0 Å². The van der Waals surface area contributed by atoms with Gasteiger partial charge in [-0.15, -0.1) is 0 Å². The van der Waals surface area contributed by atoms with Crippen molar-refractivity contribution in [1.29, 1.82) is 0 Å². The summed E-state index contributed by atoms with van der Waals surface area (Å²) in [4.78, 5) is 10.9. The molecule has 0 saturated carbocycles. The zero-order valence-corrected chi connectivity index (χ0v) is 10.9. The number of carbonyl (C=O) groups is 1. The molecule has 100 valence electrons. The maximum Gasteiger partial charge on any atom is 0.309 e. The summed E-state index contributed by atoms with van der Waals surface area (Å²) in [5, 5.41) is 12.1. The van der Waals surface area contributed by atoms with Crippen LogP contribution in [0.25, 0.3) is 0 Å². The van der Waals surface area contributed by atoms with Crippen LogP contribution in [0.1, 0.15) is 25.8 Å². The second kappa shape index (κ2) is 6.50. The van der Waals surface area contributed by atoms with Crippen molar-refractivity contribution in [2.75, 3.05) is 13.1 Å². The lowest BCUT2D eigenvalue weighted by Crippen LogP contribution is -2.29. The smallest absolute Gasteiger partial charge is 0.309 e. The first kappa shape index (κ1) is 14.6. The number of nitrogens with one attached hydrogen (secondary N) is 1. The molecule has 2 N–H and O–H groups in total. The Labute approximate surface area is 107 Å². The molecule has 0 bridgehead atoms. The summed E-state index contributed by atoms with van der Waals surface area (Å²) in [5.74, 6) is -0.983. The summed E-state index contributed by atoms with van der Waals surface area (Å²) in [7, 11) is 0. The highest BCUT2D eigenvalue weighted by molar-refractivity contribution is 5.73. The zero-order valence-electron chi connectivity index (χ0n) is 10.9. The van der Waals surface area contributed by atoms with E-state index < -0.39 is 11.4 Å². The van der Waals surface area contributed by atoms with Crippen LogP contribution >= 0.6 is 0 Å². The average Bonchev–Trinajstić information content (AvgIpc) is 2.30. The maximum absolute atomic E-state index is 13.3. The van der Waals surface area contributed by atoms with E-state index in [1.165, 1.54) is 6.07 Å². The number of hydrogen-bond donors (Lipinski definition) is 2. The summed E-state index contributed by atoms with van der Waals surface area (Å²) in [5.41, 5.74) is -0.0344. The van der Waals surface area contributed by atoms with Crippen LogP contribution in [0.5, 0.6) is 0 Å². The number of halogens is 1. The van der Waals surface area contributed by atoms with E-state index in [9.17, 15) is 9.18 Å². The molecule has 0 unspecified atom stereocenters. The van der Waals surface area contributed by atoms with Crippen molar-refractivity contribution in [3.63, 3.8) is 0 Å². The first-order chi connectivity index (χ1) is 8.43. The molecule has 0 amide bonds. The van der Waals surface area contributed by atoms with Gasteiger partial charge in [0.25, 0.3) is 0 Å². The number of benzene rings is 1. The molecule has 1 aromatic carbocycles. The molecular weight excluding hydrogens is 233 g/mol. The predicted molar refractivity (Wildman–Crippen MR) is 69.0 cm³/mol. The molecule has 0 aliphatic carbocycles. The van der Waals surface area contributed by atoms with E-state index in [1.54, 1.807) is 26.0 Å². The fourth-order valence-electron chi connectivity index (χ4n) is 1.56. The summed E-state index contributed by atoms with van der Waals surface area (Å²) in [6, 6.07) is 6.69. The Morgan fingerprint density at radius 1 is 1.33 bits per heavy atom. The van der Waals surface area contributed by atoms with Crippen molar-refractivity contribution in [3.8, 4) is 0 Å². The standard InChI is InChI=1S/C14H20FNO2/c1-14(2,13(17)18)8-10-16-9-7-11-5-3-4-6-12(11)15/h3-6,16H,7-10H2,1-2H3,(H,17,18). The first-order valence-electron chi connectivity index (χ1n) is 6.11. The lowest BCUT2D eigenvalue weighted by Gasteiger charge is -2.18. The molecular formula is C14H20FNO2. The third-order valence-corrected chi connectivity index (χ3v) is 3.03. The minimum absolute atomic E-state index is 0.190. The van der Waals surface area contributed by atoms with Crippen molar-refractivity contribution in [3.05, 3.63) is 35.6 Å². The molecule has 0 spiro atoms. The molecule has 3 nitrogen and oxygen atoms in total. The van der Waals surface area contributed by atoms with E-state index in [0.717, 1.165) is 0 Å². The molecule has 0 aliphatic rings. The number of carboxylic acids is 1. The second-order valence-electron chi connectivity index (χ2n) is 5.03. The van der Waals surface area contributed by atoms with E-state index in [-0.39, 0.29) is 5.82 Å². The van der Waals surface area contributed by atoms with Crippen LogP contribution in [-0.4, -0.2) is 24.2 Å². The highest BCUT2D eigenvalue weighted by Crippen LogP contribution is 2.19. The molecule has 0 saturated heterocycles. The number of rotatable bonds is 7. The Hall–Kier alpha value is -1.42. The average molecular weight is 253 g/mol. The molecule has 1 rings (SSSR count). The molecule has 18 heavy (non-hydrogen) atoms. The quantitative estimate of drug-likeness (QED) is 0.734. The highest BCUT2D eigenvalue weighted by Gasteiger charge is 2.25. The molecule has 0 atom stereocenters. The number of carboxylic acid groups (broad SMARTS) is 1. The third-order valence-electron chi connectivity index (χ3n) is 3.03. The van der Waals surface area contributed by atoms with Crippen molar-refractivity contribution in [2.45, 2.75) is 26.7 Å². The number of aliphatic carboxylic acids is 1. The molecule has 0 aromatic heterocycles. The predicted octanol–water partition coefficient (Wildman–Crippen LogP) is 2.46. The fourth-order valence-corrected chi connectivity index (χ4v) is 1.56. The van der Waals surface area contributed by atoms with Gasteiger partial charge in [-0.2, -0.15) is 0 Å². The molecule has 0 heterocycles. The van der Waals surface area contributed by atoms with E-state index in [0.29, 0.717) is 31.5 Å². The van der Waals surface area contributed by atoms with Crippen LogP contribution in [0, 0.1) is 11.2 Å². The van der Waals surface area contributed by atoms with Crippen LogP contribution < -0.4 is 5.32 Å². The van der Waals surface area contributed by atoms with Crippen molar-refractivity contribution in [1.82, 2.24) is 5.32 Å². The Bertz CT molecular complexity index is 405. The van der Waals surface area contributed by atoms with Gasteiger partial charge in [-0.1, -0.05) is 18.2 Å². The second-order valence-corrected chi connectivity index (χ2v) is 5.03. The van der Waals surface area contributed by atoms with Gasteiger partial charge in [0.2, 0.25) is 0 Å². The lowest BCUT2D eigenvalue weighted by molar-refractivity contribution is -0.147. The molecule has 0 fully saturated rings.